The van der Waals surface area contributed by atoms with Crippen LogP contribution in [0.25, 0.3) is 10.9 Å². The summed E-state index contributed by atoms with van der Waals surface area (Å²) in [6.07, 6.45) is 3.03. The Morgan fingerprint density at radius 3 is 2.63 bits per heavy atom. The molecule has 4 aromatic rings. The van der Waals surface area contributed by atoms with Gasteiger partial charge in [0.2, 0.25) is 0 Å². The summed E-state index contributed by atoms with van der Waals surface area (Å²) in [7, 11) is 3.70. The van der Waals surface area contributed by atoms with Gasteiger partial charge in [0.1, 0.15) is 12.6 Å². The molecule has 1 saturated heterocycles. The number of halogens is 1. The number of methoxy groups -OCH3 is 1. The molecule has 0 radical (unpaired) electrons. The molecule has 1 aromatic heterocycles. The standard InChI is InChI=1S/C31H37FN6O3/c1-35-14-16-36(17-15-35)30-10-4-3-9-28(30)31(39)34-37(13-6-18-41-23-40-2)38-29-12-11-25(20-26(29)22-33-38)19-24-7-5-8-27(32)21-24/h3-5,7-12,20-22H,6,13-19,23H2,1-2H3,(H,34,39). The normalized spacial score (nSPS) is 14.0. The summed E-state index contributed by atoms with van der Waals surface area (Å²) < 4.78 is 24.2. The van der Waals surface area contributed by atoms with Gasteiger partial charge in [0, 0.05) is 44.4 Å². The second kappa shape index (κ2) is 13.6. The van der Waals surface area contributed by atoms with Gasteiger partial charge in [-0.1, -0.05) is 30.3 Å². The zero-order valence-corrected chi connectivity index (χ0v) is 23.6. The first-order valence-corrected chi connectivity index (χ1v) is 13.9. The van der Waals surface area contributed by atoms with Gasteiger partial charge in [-0.3, -0.25) is 4.79 Å². The van der Waals surface area contributed by atoms with Crippen LogP contribution >= 0.6 is 0 Å². The Kier molecular flexibility index (Phi) is 9.45. The highest BCUT2D eigenvalue weighted by molar-refractivity contribution is 6.00. The van der Waals surface area contributed by atoms with Gasteiger partial charge in [0.15, 0.2) is 0 Å². The molecule has 0 aliphatic carbocycles. The lowest BCUT2D eigenvalue weighted by molar-refractivity contribution is -0.0309. The minimum atomic E-state index is -0.244. The molecule has 0 bridgehead atoms. The Hall–Kier alpha value is -3.99. The quantitative estimate of drug-likeness (QED) is 0.161. The van der Waals surface area contributed by atoms with Gasteiger partial charge < -0.3 is 19.3 Å². The molecule has 0 atom stereocenters. The molecule has 10 heteroatoms. The highest BCUT2D eigenvalue weighted by Crippen LogP contribution is 2.23. The average molecular weight is 561 g/mol. The molecule has 1 aliphatic rings. The molecule has 9 nitrogen and oxygen atoms in total. The van der Waals surface area contributed by atoms with Crippen LogP contribution in [0, 0.1) is 5.82 Å². The lowest BCUT2D eigenvalue weighted by Gasteiger charge is -2.35. The van der Waals surface area contributed by atoms with E-state index in [0.29, 0.717) is 31.6 Å². The Morgan fingerprint density at radius 2 is 1.83 bits per heavy atom. The molecule has 1 fully saturated rings. The van der Waals surface area contributed by atoms with Crippen molar-refractivity contribution in [2.24, 2.45) is 0 Å². The molecule has 5 rings (SSSR count). The maximum absolute atomic E-state index is 13.7. The van der Waals surface area contributed by atoms with Crippen LogP contribution in [0.1, 0.15) is 27.9 Å². The van der Waals surface area contributed by atoms with Crippen LogP contribution in [0.3, 0.4) is 0 Å². The first-order chi connectivity index (χ1) is 20.0. The van der Waals surface area contributed by atoms with Crippen LogP contribution in [0.4, 0.5) is 10.1 Å². The molecule has 2 heterocycles. The number of carbonyl (C=O) groups excluding carboxylic acids is 1. The topological polar surface area (TPSA) is 75.1 Å². The van der Waals surface area contributed by atoms with Crippen LogP contribution in [0.2, 0.25) is 0 Å². The van der Waals surface area contributed by atoms with Gasteiger partial charge in [-0.2, -0.15) is 9.89 Å². The number of hydrogen-bond donors (Lipinski definition) is 1. The van der Waals surface area contributed by atoms with Crippen LogP contribution in [-0.2, 0) is 15.9 Å². The Morgan fingerprint density at radius 1 is 1.02 bits per heavy atom. The number of carbonyl (C=O) groups is 1. The molecule has 1 aliphatic heterocycles. The van der Waals surface area contributed by atoms with Crippen LogP contribution in [0.5, 0.6) is 0 Å². The number of hydrazine groups is 1. The predicted molar refractivity (Wildman–Crippen MR) is 158 cm³/mol. The molecule has 1 N–H and O–H groups in total. The fourth-order valence-corrected chi connectivity index (χ4v) is 5.08. The van der Waals surface area contributed by atoms with Crippen molar-refractivity contribution in [3.8, 4) is 0 Å². The maximum atomic E-state index is 13.7. The molecule has 0 unspecified atom stereocenters. The van der Waals surface area contributed by atoms with E-state index in [0.717, 1.165) is 53.9 Å². The van der Waals surface area contributed by atoms with E-state index in [9.17, 15) is 9.18 Å². The fraction of sp³-hybridized carbons (Fsp3) is 0.355. The number of nitrogens with zero attached hydrogens (tertiary/aromatic N) is 5. The minimum Gasteiger partial charge on any atom is -0.368 e. The summed E-state index contributed by atoms with van der Waals surface area (Å²) in [5, 5.41) is 7.28. The van der Waals surface area contributed by atoms with E-state index in [1.54, 1.807) is 35.3 Å². The summed E-state index contributed by atoms with van der Waals surface area (Å²) in [6, 6.07) is 20.4. The van der Waals surface area contributed by atoms with Crippen molar-refractivity contribution in [2.75, 3.05) is 70.3 Å². The minimum absolute atomic E-state index is 0.205. The highest BCUT2D eigenvalue weighted by Gasteiger charge is 2.22. The molecule has 41 heavy (non-hydrogen) atoms. The highest BCUT2D eigenvalue weighted by atomic mass is 19.1. The number of fused-ring (bicyclic) bond motifs is 1. The molecule has 216 valence electrons. The maximum Gasteiger partial charge on any atom is 0.273 e. The van der Waals surface area contributed by atoms with Gasteiger partial charge >= 0.3 is 0 Å². The van der Waals surface area contributed by atoms with E-state index < -0.39 is 0 Å². The van der Waals surface area contributed by atoms with Crippen molar-refractivity contribution in [1.82, 2.24) is 20.2 Å². The van der Waals surface area contributed by atoms with Crippen molar-refractivity contribution in [3.05, 3.63) is 95.4 Å². The lowest BCUT2D eigenvalue weighted by Crippen LogP contribution is -2.51. The van der Waals surface area contributed by atoms with Gasteiger partial charge in [0.25, 0.3) is 5.91 Å². The first-order valence-electron chi connectivity index (χ1n) is 13.9. The number of hydrogen-bond acceptors (Lipinski definition) is 7. The van der Waals surface area contributed by atoms with Gasteiger partial charge in [-0.15, -0.1) is 0 Å². The Labute approximate surface area is 240 Å². The first kappa shape index (κ1) is 28.5. The third kappa shape index (κ3) is 7.21. The van der Waals surface area contributed by atoms with Gasteiger partial charge in [-0.25, -0.2) is 14.9 Å². The van der Waals surface area contributed by atoms with E-state index >= 15 is 0 Å². The molecule has 0 saturated carbocycles. The van der Waals surface area contributed by atoms with E-state index in [1.807, 2.05) is 48.5 Å². The van der Waals surface area contributed by atoms with Crippen molar-refractivity contribution < 1.29 is 18.7 Å². The van der Waals surface area contributed by atoms with Gasteiger partial charge in [-0.05, 0) is 67.4 Å². The van der Waals surface area contributed by atoms with E-state index in [2.05, 4.69) is 27.4 Å². The monoisotopic (exact) mass is 560 g/mol. The number of aromatic nitrogens is 2. The zero-order chi connectivity index (χ0) is 28.6. The number of likely N-dealkylation sites (N-methyl/N-ethyl adjacent to an activating group) is 1. The largest absolute Gasteiger partial charge is 0.368 e. The van der Waals surface area contributed by atoms with E-state index in [-0.39, 0.29) is 18.5 Å². The summed E-state index contributed by atoms with van der Waals surface area (Å²) in [5.41, 5.74) is 7.44. The number of piperazine rings is 1. The number of para-hydroxylation sites is 1. The Balaban J connectivity index is 1.37. The molecular formula is C31H37FN6O3. The summed E-state index contributed by atoms with van der Waals surface area (Å²) in [4.78, 5) is 20.0. The number of anilines is 1. The second-order valence-corrected chi connectivity index (χ2v) is 10.3. The van der Waals surface area contributed by atoms with Crippen molar-refractivity contribution >= 4 is 22.5 Å². The zero-order valence-electron chi connectivity index (χ0n) is 23.6. The number of ether oxygens (including phenoxy) is 2. The number of rotatable bonds is 12. The SMILES string of the molecule is COCOCCCN(NC(=O)c1ccccc1N1CCN(C)CC1)n1ncc2cc(Cc3cccc(F)c3)ccc21. The average Bonchev–Trinajstić information content (AvgIpc) is 3.40. The molecule has 0 spiro atoms. The van der Waals surface area contributed by atoms with Crippen molar-refractivity contribution in [3.63, 3.8) is 0 Å². The smallest absolute Gasteiger partial charge is 0.273 e. The van der Waals surface area contributed by atoms with Gasteiger partial charge in [0.05, 0.1) is 30.4 Å². The van der Waals surface area contributed by atoms with E-state index in [1.165, 1.54) is 6.07 Å². The predicted octanol–water partition coefficient (Wildman–Crippen LogP) is 3.81. The third-order valence-corrected chi connectivity index (χ3v) is 7.22. The number of benzene rings is 3. The number of nitrogens with one attached hydrogen (secondary N) is 1. The summed E-state index contributed by atoms with van der Waals surface area (Å²) in [6.45, 7) is 4.77. The summed E-state index contributed by atoms with van der Waals surface area (Å²) in [5.74, 6) is -0.449. The second-order valence-electron chi connectivity index (χ2n) is 10.3. The van der Waals surface area contributed by atoms with Crippen molar-refractivity contribution in [2.45, 2.75) is 12.8 Å². The molecule has 3 aromatic carbocycles. The van der Waals surface area contributed by atoms with E-state index in [4.69, 9.17) is 9.47 Å². The lowest BCUT2D eigenvalue weighted by atomic mass is 10.0. The molecular weight excluding hydrogens is 523 g/mol. The van der Waals surface area contributed by atoms with Crippen LogP contribution in [-0.4, -0.2) is 81.0 Å². The third-order valence-electron chi connectivity index (χ3n) is 7.22. The van der Waals surface area contributed by atoms with Crippen molar-refractivity contribution in [1.29, 1.82) is 0 Å². The van der Waals surface area contributed by atoms with Crippen LogP contribution < -0.4 is 15.4 Å². The van der Waals surface area contributed by atoms with Crippen LogP contribution in [0.15, 0.2) is 72.9 Å². The number of amides is 1. The fourth-order valence-electron chi connectivity index (χ4n) is 5.08. The molecule has 1 amide bonds. The summed E-state index contributed by atoms with van der Waals surface area (Å²) >= 11 is 0. The Bertz CT molecular complexity index is 1450.